The van der Waals surface area contributed by atoms with Crippen LogP contribution in [0.4, 0.5) is 0 Å². The molecule has 2 N–H and O–H groups in total. The van der Waals surface area contributed by atoms with E-state index < -0.39 is 0 Å². The lowest BCUT2D eigenvalue weighted by Crippen LogP contribution is -2.58. The molecule has 0 saturated heterocycles. The summed E-state index contributed by atoms with van der Waals surface area (Å²) in [6.07, 6.45) is 4.43. The molecule has 2 nitrogen and oxygen atoms in total. The van der Waals surface area contributed by atoms with E-state index in [1.807, 2.05) is 0 Å². The van der Waals surface area contributed by atoms with Crippen molar-refractivity contribution in [3.8, 4) is 0 Å². The lowest BCUT2D eigenvalue weighted by Gasteiger charge is -2.57. The smallest absolute Gasteiger partial charge is 0.0621 e. The second-order valence-corrected chi connectivity index (χ2v) is 6.41. The minimum Gasteiger partial charge on any atom is -0.392 e. The fourth-order valence-corrected chi connectivity index (χ4v) is 4.05. The minimum absolute atomic E-state index is 0.264. The van der Waals surface area contributed by atoms with Crippen molar-refractivity contribution in [3.05, 3.63) is 0 Å². The van der Waals surface area contributed by atoms with Gasteiger partial charge in [-0.05, 0) is 37.0 Å². The number of rotatable bonds is 0. The number of aliphatic hydroxyl groups excluding tert-OH is 2. The van der Waals surface area contributed by atoms with Crippen molar-refractivity contribution in [1.29, 1.82) is 0 Å². The Kier molecular flexibility index (Phi) is 2.63. The van der Waals surface area contributed by atoms with E-state index in [0.717, 1.165) is 32.1 Å². The molecule has 15 heavy (non-hydrogen) atoms. The van der Waals surface area contributed by atoms with Gasteiger partial charge in [0.15, 0.2) is 0 Å². The summed E-state index contributed by atoms with van der Waals surface area (Å²) in [6, 6.07) is 0. The summed E-state index contributed by atoms with van der Waals surface area (Å²) in [7, 11) is 0. The van der Waals surface area contributed by atoms with E-state index in [0.29, 0.717) is 5.92 Å². The molecule has 1 unspecified atom stereocenters. The molecular weight excluding hydrogens is 188 g/mol. The molecule has 4 atom stereocenters. The van der Waals surface area contributed by atoms with Crippen molar-refractivity contribution in [2.75, 3.05) is 0 Å². The molecule has 2 aliphatic rings. The standard InChI is InChI=1S/C13H24O2/c1-12(2)8-7-11(15)13(3)9(12)5-4-6-10(13)14/h9-11,14-15H,4-8H2,1-3H3/t9?,10-,11-,13+/m0/s1. The maximum atomic E-state index is 10.2. The van der Waals surface area contributed by atoms with E-state index in [9.17, 15) is 10.2 Å². The Bertz CT molecular complexity index is 243. The molecule has 88 valence electrons. The average molecular weight is 212 g/mol. The first-order valence-corrected chi connectivity index (χ1v) is 6.25. The van der Waals surface area contributed by atoms with Gasteiger partial charge >= 0.3 is 0 Å². The zero-order valence-corrected chi connectivity index (χ0v) is 10.2. The van der Waals surface area contributed by atoms with Gasteiger partial charge in [-0.1, -0.05) is 27.2 Å². The van der Waals surface area contributed by atoms with Gasteiger partial charge < -0.3 is 10.2 Å². The van der Waals surface area contributed by atoms with E-state index in [-0.39, 0.29) is 23.0 Å². The zero-order valence-electron chi connectivity index (χ0n) is 10.2. The Balaban J connectivity index is 2.34. The summed E-state index contributed by atoms with van der Waals surface area (Å²) in [4.78, 5) is 0. The Labute approximate surface area is 92.7 Å². The molecule has 0 aliphatic heterocycles. The molecule has 0 amide bonds. The van der Waals surface area contributed by atoms with E-state index >= 15 is 0 Å². The quantitative estimate of drug-likeness (QED) is 0.647. The summed E-state index contributed by atoms with van der Waals surface area (Å²) in [5.41, 5.74) is 0.00931. The van der Waals surface area contributed by atoms with Crippen LogP contribution in [-0.4, -0.2) is 22.4 Å². The van der Waals surface area contributed by atoms with E-state index in [1.54, 1.807) is 0 Å². The van der Waals surface area contributed by atoms with Crippen molar-refractivity contribution in [3.63, 3.8) is 0 Å². The fourth-order valence-electron chi connectivity index (χ4n) is 4.05. The summed E-state index contributed by atoms with van der Waals surface area (Å²) < 4.78 is 0. The van der Waals surface area contributed by atoms with Gasteiger partial charge in [-0.25, -0.2) is 0 Å². The minimum atomic E-state index is -0.314. The Morgan fingerprint density at radius 2 is 1.53 bits per heavy atom. The Hall–Kier alpha value is -0.0800. The third kappa shape index (κ3) is 1.53. The van der Waals surface area contributed by atoms with Crippen LogP contribution in [0.5, 0.6) is 0 Å². The molecule has 0 bridgehead atoms. The van der Waals surface area contributed by atoms with E-state index in [4.69, 9.17) is 0 Å². The normalized spacial score (nSPS) is 49.8. The molecule has 0 spiro atoms. The van der Waals surface area contributed by atoms with Gasteiger partial charge in [-0.3, -0.25) is 0 Å². The molecule has 2 rings (SSSR count). The monoisotopic (exact) mass is 212 g/mol. The van der Waals surface area contributed by atoms with Gasteiger partial charge in [0.1, 0.15) is 0 Å². The van der Waals surface area contributed by atoms with Crippen molar-refractivity contribution in [1.82, 2.24) is 0 Å². The highest BCUT2D eigenvalue weighted by Gasteiger charge is 2.55. The predicted molar refractivity (Wildman–Crippen MR) is 60.5 cm³/mol. The third-order valence-corrected chi connectivity index (χ3v) is 5.16. The maximum absolute atomic E-state index is 10.2. The molecule has 0 aromatic carbocycles. The van der Waals surface area contributed by atoms with Gasteiger partial charge in [-0.15, -0.1) is 0 Å². The number of hydrogen-bond donors (Lipinski definition) is 2. The van der Waals surface area contributed by atoms with Gasteiger partial charge in [0.05, 0.1) is 12.2 Å². The highest BCUT2D eigenvalue weighted by atomic mass is 16.3. The molecule has 2 saturated carbocycles. The highest BCUT2D eigenvalue weighted by molar-refractivity contribution is 5.05. The van der Waals surface area contributed by atoms with Crippen molar-refractivity contribution in [2.45, 2.75) is 65.1 Å². The predicted octanol–water partition coefficient (Wildman–Crippen LogP) is 2.33. The van der Waals surface area contributed by atoms with Gasteiger partial charge in [-0.2, -0.15) is 0 Å². The highest BCUT2D eigenvalue weighted by Crippen LogP contribution is 2.57. The SMILES string of the molecule is CC1(C)CC[C@H](O)[C@]2(C)C1CCC[C@@H]2O. The molecule has 2 fully saturated rings. The molecule has 0 aromatic rings. The fraction of sp³-hybridized carbons (Fsp3) is 1.00. The van der Waals surface area contributed by atoms with Crippen LogP contribution in [0.2, 0.25) is 0 Å². The van der Waals surface area contributed by atoms with Crippen LogP contribution in [-0.2, 0) is 0 Å². The third-order valence-electron chi connectivity index (χ3n) is 5.16. The molecule has 0 heterocycles. The van der Waals surface area contributed by atoms with Crippen molar-refractivity contribution in [2.24, 2.45) is 16.7 Å². The molecule has 2 aliphatic carbocycles. The topological polar surface area (TPSA) is 40.5 Å². The average Bonchev–Trinajstić information content (AvgIpc) is 2.16. The first-order chi connectivity index (χ1) is 6.89. The van der Waals surface area contributed by atoms with Crippen molar-refractivity contribution < 1.29 is 10.2 Å². The van der Waals surface area contributed by atoms with Gasteiger partial charge in [0.2, 0.25) is 0 Å². The molecular formula is C13H24O2. The summed E-state index contributed by atoms with van der Waals surface area (Å²) >= 11 is 0. The van der Waals surface area contributed by atoms with Crippen molar-refractivity contribution >= 4 is 0 Å². The zero-order chi connectivity index (χ0) is 11.3. The second-order valence-electron chi connectivity index (χ2n) is 6.41. The van der Waals surface area contributed by atoms with Crippen LogP contribution < -0.4 is 0 Å². The summed E-state index contributed by atoms with van der Waals surface area (Å²) in [5.74, 6) is 0.470. The first kappa shape index (κ1) is 11.4. The van der Waals surface area contributed by atoms with E-state index in [1.165, 1.54) is 0 Å². The molecule has 2 heteroatoms. The van der Waals surface area contributed by atoms with Gasteiger partial charge in [0.25, 0.3) is 0 Å². The number of hydrogen-bond acceptors (Lipinski definition) is 2. The van der Waals surface area contributed by atoms with Gasteiger partial charge in [0, 0.05) is 5.41 Å². The molecule has 0 radical (unpaired) electrons. The van der Waals surface area contributed by atoms with E-state index in [2.05, 4.69) is 20.8 Å². The summed E-state index contributed by atoms with van der Waals surface area (Å²) in [5, 5.41) is 20.4. The van der Waals surface area contributed by atoms with Crippen LogP contribution in [0.1, 0.15) is 52.9 Å². The van der Waals surface area contributed by atoms with Crippen LogP contribution >= 0.6 is 0 Å². The molecule has 0 aromatic heterocycles. The Morgan fingerprint density at radius 1 is 0.933 bits per heavy atom. The lowest BCUT2D eigenvalue weighted by atomic mass is 9.50. The number of aliphatic hydroxyl groups is 2. The van der Waals surface area contributed by atoms with Crippen LogP contribution in [0.25, 0.3) is 0 Å². The number of fused-ring (bicyclic) bond motifs is 1. The Morgan fingerprint density at radius 3 is 2.13 bits per heavy atom. The van der Waals surface area contributed by atoms with Crippen LogP contribution in [0.15, 0.2) is 0 Å². The van der Waals surface area contributed by atoms with Crippen LogP contribution in [0, 0.1) is 16.7 Å². The first-order valence-electron chi connectivity index (χ1n) is 6.25. The summed E-state index contributed by atoms with van der Waals surface area (Å²) in [6.45, 7) is 6.67. The largest absolute Gasteiger partial charge is 0.392 e. The lowest BCUT2D eigenvalue weighted by molar-refractivity contribution is -0.177. The maximum Gasteiger partial charge on any atom is 0.0621 e. The second kappa shape index (κ2) is 3.46. The van der Waals surface area contributed by atoms with Crippen LogP contribution in [0.3, 0.4) is 0 Å².